The van der Waals surface area contributed by atoms with Crippen molar-refractivity contribution in [2.24, 2.45) is 0 Å². The molecule has 0 amide bonds. The molecule has 0 bridgehead atoms. The number of hydrogen-bond acceptors (Lipinski definition) is 2. The van der Waals surface area contributed by atoms with Crippen molar-refractivity contribution in [1.29, 1.82) is 0 Å². The quantitative estimate of drug-likeness (QED) is 0.808. The smallest absolute Gasteiger partial charge is 0.123 e. The van der Waals surface area contributed by atoms with E-state index in [1.165, 1.54) is 11.6 Å². The third kappa shape index (κ3) is 5.40. The number of nitrogens with one attached hydrogen (secondary N) is 1. The molecule has 1 unspecified atom stereocenters. The summed E-state index contributed by atoms with van der Waals surface area (Å²) in [5, 5.41) is 4.13. The highest BCUT2D eigenvalue weighted by Gasteiger charge is 2.11. The van der Waals surface area contributed by atoms with E-state index in [1.54, 1.807) is 6.07 Å². The highest BCUT2D eigenvalue weighted by atomic mass is 32.2. The molecule has 0 fully saturated rings. The molecule has 1 atom stereocenters. The van der Waals surface area contributed by atoms with Crippen molar-refractivity contribution < 1.29 is 4.39 Å². The van der Waals surface area contributed by atoms with Crippen LogP contribution in [0.2, 0.25) is 0 Å². The summed E-state index contributed by atoms with van der Waals surface area (Å²) >= 11 is 1.95. The van der Waals surface area contributed by atoms with E-state index in [0.29, 0.717) is 11.3 Å². The zero-order chi connectivity index (χ0) is 13.5. The predicted molar refractivity (Wildman–Crippen MR) is 79.9 cm³/mol. The number of aryl methyl sites for hydroxylation is 1. The van der Waals surface area contributed by atoms with Crippen LogP contribution in [-0.2, 0) is 6.42 Å². The Kier molecular flexibility index (Phi) is 6.72. The topological polar surface area (TPSA) is 12.0 Å². The third-order valence-electron chi connectivity index (χ3n) is 2.90. The predicted octanol–water partition coefficient (Wildman–Crippen LogP) is 3.80. The van der Waals surface area contributed by atoms with Crippen LogP contribution >= 0.6 is 11.8 Å². The van der Waals surface area contributed by atoms with Crippen molar-refractivity contribution in [3.05, 3.63) is 35.1 Å². The van der Waals surface area contributed by atoms with Crippen LogP contribution in [0.15, 0.2) is 18.2 Å². The van der Waals surface area contributed by atoms with Crippen molar-refractivity contribution >= 4 is 11.8 Å². The van der Waals surface area contributed by atoms with Crippen LogP contribution in [0.1, 0.15) is 31.9 Å². The molecule has 18 heavy (non-hydrogen) atoms. The van der Waals surface area contributed by atoms with Crippen molar-refractivity contribution in [2.45, 2.75) is 45.4 Å². The fourth-order valence-corrected chi connectivity index (χ4v) is 2.77. The molecule has 0 heterocycles. The van der Waals surface area contributed by atoms with Gasteiger partial charge in [0.05, 0.1) is 0 Å². The largest absolute Gasteiger partial charge is 0.313 e. The molecule has 0 spiro atoms. The molecule has 1 nitrogen and oxygen atoms in total. The van der Waals surface area contributed by atoms with Gasteiger partial charge in [-0.25, -0.2) is 4.39 Å². The molecule has 1 rings (SSSR count). The van der Waals surface area contributed by atoms with Gasteiger partial charge in [0.15, 0.2) is 0 Å². The Balaban J connectivity index is 2.66. The molecule has 1 aromatic carbocycles. The van der Waals surface area contributed by atoms with Gasteiger partial charge in [0.2, 0.25) is 0 Å². The molecule has 0 radical (unpaired) electrons. The first-order valence-corrected chi connectivity index (χ1v) is 7.67. The lowest BCUT2D eigenvalue weighted by atomic mass is 10.0. The summed E-state index contributed by atoms with van der Waals surface area (Å²) < 4.78 is 13.3. The number of likely N-dealkylation sites (N-methyl/N-ethyl adjacent to an activating group) is 1. The zero-order valence-electron chi connectivity index (χ0n) is 11.8. The summed E-state index contributed by atoms with van der Waals surface area (Å²) in [6, 6.07) is 5.48. The molecule has 0 aliphatic carbocycles. The normalized spacial score (nSPS) is 13.0. The maximum Gasteiger partial charge on any atom is 0.123 e. The second kappa shape index (κ2) is 7.80. The fraction of sp³-hybridized carbons (Fsp3) is 0.600. The maximum atomic E-state index is 13.3. The van der Waals surface area contributed by atoms with E-state index in [1.807, 2.05) is 24.8 Å². The molecule has 102 valence electrons. The summed E-state index contributed by atoms with van der Waals surface area (Å²) in [4.78, 5) is 0. The van der Waals surface area contributed by atoms with E-state index in [2.05, 4.69) is 26.1 Å². The van der Waals surface area contributed by atoms with E-state index < -0.39 is 0 Å². The number of hydrogen-bond donors (Lipinski definition) is 1. The summed E-state index contributed by atoms with van der Waals surface area (Å²) in [5.41, 5.74) is 2.29. The van der Waals surface area contributed by atoms with E-state index in [-0.39, 0.29) is 5.82 Å². The second-order valence-corrected chi connectivity index (χ2v) is 6.52. The number of halogens is 1. The van der Waals surface area contributed by atoms with Crippen LogP contribution in [0.4, 0.5) is 4.39 Å². The molecular formula is C15H24FNS. The van der Waals surface area contributed by atoms with E-state index in [4.69, 9.17) is 0 Å². The SMILES string of the molecule is CCNC(CSC(C)C)Cc1cc(F)ccc1C. The Bertz CT molecular complexity index is 366. The van der Waals surface area contributed by atoms with E-state index >= 15 is 0 Å². The van der Waals surface area contributed by atoms with Crippen molar-refractivity contribution in [2.75, 3.05) is 12.3 Å². The van der Waals surface area contributed by atoms with Gasteiger partial charge in [-0.05, 0) is 48.4 Å². The molecule has 1 aromatic rings. The fourth-order valence-electron chi connectivity index (χ4n) is 1.91. The highest BCUT2D eigenvalue weighted by molar-refractivity contribution is 7.99. The van der Waals surface area contributed by atoms with Crippen LogP contribution in [0.3, 0.4) is 0 Å². The van der Waals surface area contributed by atoms with E-state index in [0.717, 1.165) is 24.3 Å². The molecule has 0 aliphatic rings. The van der Waals surface area contributed by atoms with Crippen LogP contribution in [0, 0.1) is 12.7 Å². The van der Waals surface area contributed by atoms with Gasteiger partial charge in [-0.2, -0.15) is 11.8 Å². The van der Waals surface area contributed by atoms with Crippen LogP contribution in [0.5, 0.6) is 0 Å². The number of rotatable bonds is 7. The van der Waals surface area contributed by atoms with Gasteiger partial charge in [-0.15, -0.1) is 0 Å². The van der Waals surface area contributed by atoms with Gasteiger partial charge in [0.1, 0.15) is 5.82 Å². The first-order valence-electron chi connectivity index (χ1n) is 6.63. The number of thioether (sulfide) groups is 1. The highest BCUT2D eigenvalue weighted by Crippen LogP contribution is 2.16. The monoisotopic (exact) mass is 269 g/mol. The standard InChI is InChI=1S/C15H24FNS/c1-5-17-15(10-18-11(2)3)9-13-8-14(16)7-6-12(13)4/h6-8,11,15,17H,5,9-10H2,1-4H3. The van der Waals surface area contributed by atoms with Crippen molar-refractivity contribution in [1.82, 2.24) is 5.32 Å². The van der Waals surface area contributed by atoms with Gasteiger partial charge >= 0.3 is 0 Å². The molecule has 0 aliphatic heterocycles. The molecule has 3 heteroatoms. The van der Waals surface area contributed by atoms with E-state index in [9.17, 15) is 4.39 Å². The molecule has 0 saturated heterocycles. The Hall–Kier alpha value is -0.540. The van der Waals surface area contributed by atoms with Gasteiger partial charge in [-0.3, -0.25) is 0 Å². The average molecular weight is 269 g/mol. The lowest BCUT2D eigenvalue weighted by Crippen LogP contribution is -2.33. The van der Waals surface area contributed by atoms with Gasteiger partial charge < -0.3 is 5.32 Å². The van der Waals surface area contributed by atoms with Crippen LogP contribution in [-0.4, -0.2) is 23.6 Å². The zero-order valence-corrected chi connectivity index (χ0v) is 12.6. The van der Waals surface area contributed by atoms with Gasteiger partial charge in [0, 0.05) is 11.8 Å². The number of benzene rings is 1. The Morgan fingerprint density at radius 3 is 2.67 bits per heavy atom. The summed E-state index contributed by atoms with van der Waals surface area (Å²) in [6.45, 7) is 9.54. The summed E-state index contributed by atoms with van der Waals surface area (Å²) in [7, 11) is 0. The maximum absolute atomic E-state index is 13.3. The lowest BCUT2D eigenvalue weighted by molar-refractivity contribution is 0.566. The summed E-state index contributed by atoms with van der Waals surface area (Å²) in [5.74, 6) is 0.934. The van der Waals surface area contributed by atoms with Crippen molar-refractivity contribution in [3.63, 3.8) is 0 Å². The average Bonchev–Trinajstić information content (AvgIpc) is 2.31. The first kappa shape index (κ1) is 15.5. The van der Waals surface area contributed by atoms with Crippen LogP contribution < -0.4 is 5.32 Å². The first-order chi connectivity index (χ1) is 8.52. The Labute approximate surface area is 115 Å². The van der Waals surface area contributed by atoms with Gasteiger partial charge in [-0.1, -0.05) is 26.8 Å². The molecule has 0 aromatic heterocycles. The Morgan fingerprint density at radius 1 is 1.33 bits per heavy atom. The Morgan fingerprint density at radius 2 is 2.06 bits per heavy atom. The molecular weight excluding hydrogens is 245 g/mol. The van der Waals surface area contributed by atoms with Crippen LogP contribution in [0.25, 0.3) is 0 Å². The minimum absolute atomic E-state index is 0.137. The third-order valence-corrected chi connectivity index (χ3v) is 4.16. The minimum Gasteiger partial charge on any atom is -0.313 e. The molecule has 1 N–H and O–H groups in total. The molecule has 0 saturated carbocycles. The van der Waals surface area contributed by atoms with Gasteiger partial charge in [0.25, 0.3) is 0 Å². The summed E-state index contributed by atoms with van der Waals surface area (Å²) in [6.07, 6.45) is 0.900. The second-order valence-electron chi connectivity index (χ2n) is 4.91. The lowest BCUT2D eigenvalue weighted by Gasteiger charge is -2.20. The minimum atomic E-state index is -0.137. The van der Waals surface area contributed by atoms with Crippen molar-refractivity contribution in [3.8, 4) is 0 Å².